The normalized spacial score (nSPS) is 12.3. The molecule has 0 saturated carbocycles. The van der Waals surface area contributed by atoms with Gasteiger partial charge in [-0.2, -0.15) is 0 Å². The van der Waals surface area contributed by atoms with E-state index in [1.807, 2.05) is 25.1 Å². The van der Waals surface area contributed by atoms with Gasteiger partial charge >= 0.3 is 0 Å². The van der Waals surface area contributed by atoms with Gasteiger partial charge in [0, 0.05) is 17.8 Å². The third-order valence-corrected chi connectivity index (χ3v) is 3.61. The molecule has 3 nitrogen and oxygen atoms in total. The van der Waals surface area contributed by atoms with Crippen molar-refractivity contribution in [3.8, 4) is 0 Å². The number of nitrogens with zero attached hydrogens (tertiary/aromatic N) is 1. The van der Waals surface area contributed by atoms with Gasteiger partial charge in [0.25, 0.3) is 0 Å². The fraction of sp³-hybridized carbons (Fsp3) is 0.353. The number of aromatic nitrogens is 1. The Labute approximate surface area is 125 Å². The summed E-state index contributed by atoms with van der Waals surface area (Å²) in [5.41, 5.74) is 8.77. The predicted octanol–water partition coefficient (Wildman–Crippen LogP) is 3.39. The van der Waals surface area contributed by atoms with E-state index < -0.39 is 0 Å². The van der Waals surface area contributed by atoms with E-state index in [9.17, 15) is 4.39 Å². The molecule has 0 bridgehead atoms. The number of halogens is 1. The van der Waals surface area contributed by atoms with Crippen LogP contribution in [-0.4, -0.2) is 11.5 Å². The number of benzene rings is 1. The average molecular weight is 287 g/mol. The Morgan fingerprint density at radius 2 is 2.05 bits per heavy atom. The predicted molar refractivity (Wildman–Crippen MR) is 84.5 cm³/mol. The molecule has 0 aliphatic rings. The molecule has 1 atom stereocenters. The summed E-state index contributed by atoms with van der Waals surface area (Å²) in [5, 5.41) is 3.46. The molecule has 0 saturated heterocycles. The molecule has 0 amide bonds. The summed E-state index contributed by atoms with van der Waals surface area (Å²) in [4.78, 5) is 4.18. The van der Waals surface area contributed by atoms with Crippen molar-refractivity contribution in [3.05, 3.63) is 59.0 Å². The number of aryl methyl sites for hydroxylation is 1. The molecular weight excluding hydrogens is 265 g/mol. The van der Waals surface area contributed by atoms with Gasteiger partial charge in [0.2, 0.25) is 0 Å². The standard InChI is InChI=1S/C17H22FN3/c1-3-9-20-15(11-13-6-4-5-7-14(13)18)16-12(2)8-10-21-17(16)19/h4-8,10,15,20H,3,9,11H2,1-2H3,(H2,19,21). The molecule has 0 radical (unpaired) electrons. The fourth-order valence-electron chi connectivity index (χ4n) is 2.52. The third kappa shape index (κ3) is 3.79. The van der Waals surface area contributed by atoms with Gasteiger partial charge in [-0.25, -0.2) is 9.37 Å². The summed E-state index contributed by atoms with van der Waals surface area (Å²) in [5.74, 6) is 0.334. The van der Waals surface area contributed by atoms with Crippen molar-refractivity contribution in [2.24, 2.45) is 0 Å². The first-order valence-corrected chi connectivity index (χ1v) is 7.31. The Morgan fingerprint density at radius 3 is 2.71 bits per heavy atom. The molecule has 0 fully saturated rings. The van der Waals surface area contributed by atoms with Crippen molar-refractivity contribution >= 4 is 5.82 Å². The van der Waals surface area contributed by atoms with E-state index in [0.29, 0.717) is 17.8 Å². The van der Waals surface area contributed by atoms with Crippen LogP contribution >= 0.6 is 0 Å². The van der Waals surface area contributed by atoms with Gasteiger partial charge in [0.15, 0.2) is 0 Å². The lowest BCUT2D eigenvalue weighted by atomic mass is 9.95. The van der Waals surface area contributed by atoms with Crippen molar-refractivity contribution in [1.82, 2.24) is 10.3 Å². The highest BCUT2D eigenvalue weighted by atomic mass is 19.1. The van der Waals surface area contributed by atoms with E-state index in [-0.39, 0.29) is 11.9 Å². The summed E-state index contributed by atoms with van der Waals surface area (Å²) in [6.07, 6.45) is 3.27. The maximum Gasteiger partial charge on any atom is 0.128 e. The molecule has 1 heterocycles. The van der Waals surface area contributed by atoms with Crippen LogP contribution < -0.4 is 11.1 Å². The smallest absolute Gasteiger partial charge is 0.128 e. The van der Waals surface area contributed by atoms with Crippen LogP contribution in [-0.2, 0) is 6.42 Å². The first-order chi connectivity index (χ1) is 10.1. The maximum absolute atomic E-state index is 13.9. The Kier molecular flexibility index (Phi) is 5.28. The highest BCUT2D eigenvalue weighted by Crippen LogP contribution is 2.26. The van der Waals surface area contributed by atoms with Crippen LogP contribution in [0.15, 0.2) is 36.5 Å². The van der Waals surface area contributed by atoms with Crippen molar-refractivity contribution in [3.63, 3.8) is 0 Å². The lowest BCUT2D eigenvalue weighted by Gasteiger charge is -2.22. The minimum Gasteiger partial charge on any atom is -0.383 e. The van der Waals surface area contributed by atoms with Crippen LogP contribution in [0.5, 0.6) is 0 Å². The Bertz CT molecular complexity index is 578. The minimum atomic E-state index is -0.180. The highest BCUT2D eigenvalue weighted by Gasteiger charge is 2.18. The minimum absolute atomic E-state index is 0.0319. The van der Waals surface area contributed by atoms with Crippen LogP contribution in [0, 0.1) is 12.7 Å². The molecule has 2 aromatic rings. The van der Waals surface area contributed by atoms with Gasteiger partial charge in [-0.1, -0.05) is 25.1 Å². The highest BCUT2D eigenvalue weighted by molar-refractivity contribution is 5.46. The number of hydrogen-bond donors (Lipinski definition) is 2. The number of nitrogen functional groups attached to an aromatic ring is 1. The molecule has 2 rings (SSSR count). The van der Waals surface area contributed by atoms with Gasteiger partial charge in [0.05, 0.1) is 0 Å². The average Bonchev–Trinajstić information content (AvgIpc) is 2.46. The number of nitrogens with one attached hydrogen (secondary N) is 1. The van der Waals surface area contributed by atoms with Crippen LogP contribution in [0.1, 0.15) is 36.1 Å². The second kappa shape index (κ2) is 7.18. The monoisotopic (exact) mass is 287 g/mol. The van der Waals surface area contributed by atoms with Crippen LogP contribution in [0.2, 0.25) is 0 Å². The van der Waals surface area contributed by atoms with Crippen molar-refractivity contribution in [1.29, 1.82) is 0 Å². The molecule has 0 aliphatic heterocycles. The molecule has 0 aliphatic carbocycles. The number of pyridine rings is 1. The molecular formula is C17H22FN3. The molecule has 0 spiro atoms. The number of hydrogen-bond acceptors (Lipinski definition) is 3. The van der Waals surface area contributed by atoms with Crippen LogP contribution in [0.3, 0.4) is 0 Å². The Balaban J connectivity index is 2.32. The molecule has 21 heavy (non-hydrogen) atoms. The van der Waals surface area contributed by atoms with E-state index in [0.717, 1.165) is 24.1 Å². The molecule has 1 aromatic carbocycles. The van der Waals surface area contributed by atoms with Crippen molar-refractivity contribution in [2.45, 2.75) is 32.7 Å². The van der Waals surface area contributed by atoms with E-state index in [1.165, 1.54) is 6.07 Å². The van der Waals surface area contributed by atoms with Gasteiger partial charge < -0.3 is 11.1 Å². The Hall–Kier alpha value is -1.94. The molecule has 1 unspecified atom stereocenters. The molecule has 3 N–H and O–H groups in total. The summed E-state index contributed by atoms with van der Waals surface area (Å²) >= 11 is 0. The van der Waals surface area contributed by atoms with Crippen molar-refractivity contribution in [2.75, 3.05) is 12.3 Å². The van der Waals surface area contributed by atoms with E-state index in [4.69, 9.17) is 5.73 Å². The second-order valence-electron chi connectivity index (χ2n) is 5.23. The van der Waals surface area contributed by atoms with Gasteiger partial charge in [-0.15, -0.1) is 0 Å². The zero-order valence-electron chi connectivity index (χ0n) is 12.6. The fourth-order valence-corrected chi connectivity index (χ4v) is 2.52. The summed E-state index contributed by atoms with van der Waals surface area (Å²) < 4.78 is 13.9. The third-order valence-electron chi connectivity index (χ3n) is 3.61. The number of nitrogens with two attached hydrogens (primary N) is 1. The summed E-state index contributed by atoms with van der Waals surface area (Å²) in [6.45, 7) is 4.97. The topological polar surface area (TPSA) is 50.9 Å². The number of anilines is 1. The zero-order chi connectivity index (χ0) is 15.2. The lowest BCUT2D eigenvalue weighted by molar-refractivity contribution is 0.511. The van der Waals surface area contributed by atoms with Crippen LogP contribution in [0.25, 0.3) is 0 Å². The first kappa shape index (κ1) is 15.4. The lowest BCUT2D eigenvalue weighted by Crippen LogP contribution is -2.26. The molecule has 1 aromatic heterocycles. The van der Waals surface area contributed by atoms with Gasteiger partial charge in [-0.05, 0) is 49.6 Å². The van der Waals surface area contributed by atoms with Crippen molar-refractivity contribution < 1.29 is 4.39 Å². The quantitative estimate of drug-likeness (QED) is 0.856. The number of rotatable bonds is 6. The zero-order valence-corrected chi connectivity index (χ0v) is 12.6. The molecule has 112 valence electrons. The second-order valence-corrected chi connectivity index (χ2v) is 5.23. The SMILES string of the molecule is CCCNC(Cc1ccccc1F)c1c(C)ccnc1N. The Morgan fingerprint density at radius 1 is 1.29 bits per heavy atom. The van der Waals surface area contributed by atoms with Crippen LogP contribution in [0.4, 0.5) is 10.2 Å². The van der Waals surface area contributed by atoms with E-state index in [1.54, 1.807) is 12.3 Å². The summed E-state index contributed by atoms with van der Waals surface area (Å²) in [7, 11) is 0. The van der Waals surface area contributed by atoms with Gasteiger partial charge in [-0.3, -0.25) is 0 Å². The largest absolute Gasteiger partial charge is 0.383 e. The first-order valence-electron chi connectivity index (χ1n) is 7.31. The van der Waals surface area contributed by atoms with E-state index >= 15 is 0 Å². The summed E-state index contributed by atoms with van der Waals surface area (Å²) in [6, 6.07) is 8.78. The van der Waals surface area contributed by atoms with E-state index in [2.05, 4.69) is 17.2 Å². The van der Waals surface area contributed by atoms with Gasteiger partial charge in [0.1, 0.15) is 11.6 Å². The maximum atomic E-state index is 13.9. The molecule has 4 heteroatoms.